The molecule has 0 aliphatic heterocycles. The molecule has 7 heteroatoms. The molecule has 5 nitrogen and oxygen atoms in total. The van der Waals surface area contributed by atoms with Crippen LogP contribution in [0.1, 0.15) is 64.8 Å². The molecule has 0 spiro atoms. The Balaban J connectivity index is 1.69. The molecule has 30 heavy (non-hydrogen) atoms. The number of esters is 1. The molecule has 3 rings (SSSR count). The van der Waals surface area contributed by atoms with Crippen LogP contribution in [0.15, 0.2) is 18.2 Å². The van der Waals surface area contributed by atoms with Crippen molar-refractivity contribution in [2.45, 2.75) is 58.8 Å². The van der Waals surface area contributed by atoms with Gasteiger partial charge in [0.05, 0.1) is 25.1 Å². The van der Waals surface area contributed by atoms with Gasteiger partial charge in [0, 0.05) is 17.9 Å². The molecule has 1 saturated carbocycles. The second kappa shape index (κ2) is 10.3. The summed E-state index contributed by atoms with van der Waals surface area (Å²) in [7, 11) is 0. The Morgan fingerprint density at radius 1 is 1.17 bits per heavy atom. The number of nitrogens with zero attached hydrogens (tertiary/aromatic N) is 1. The van der Waals surface area contributed by atoms with Gasteiger partial charge in [0.1, 0.15) is 15.1 Å². The van der Waals surface area contributed by atoms with Crippen molar-refractivity contribution in [2.24, 2.45) is 5.92 Å². The summed E-state index contributed by atoms with van der Waals surface area (Å²) < 4.78 is 5.33. The number of hydrogen-bond acceptors (Lipinski definition) is 6. The standard InChI is InChI=1S/C23H26ClNO4S/c1-3-29-21(27)13-19-23(24)30-20(25-19)12-17(26)11-16-9-8-14(2)10-18(16)22(28)15-6-4-5-7-15/h8-10,15H,3-7,11-13H2,1-2H3. The lowest BCUT2D eigenvalue weighted by Gasteiger charge is -2.13. The van der Waals surface area contributed by atoms with Crippen LogP contribution < -0.4 is 0 Å². The van der Waals surface area contributed by atoms with Crippen LogP contribution in [0.3, 0.4) is 0 Å². The smallest absolute Gasteiger partial charge is 0.311 e. The van der Waals surface area contributed by atoms with Crippen LogP contribution in [0.2, 0.25) is 4.34 Å². The molecule has 0 atom stereocenters. The summed E-state index contributed by atoms with van der Waals surface area (Å²) in [4.78, 5) is 41.7. The summed E-state index contributed by atoms with van der Waals surface area (Å²) in [5.41, 5.74) is 2.91. The quantitative estimate of drug-likeness (QED) is 0.402. The molecule has 1 aromatic heterocycles. The van der Waals surface area contributed by atoms with Crippen molar-refractivity contribution in [3.05, 3.63) is 49.9 Å². The number of hydrogen-bond donors (Lipinski definition) is 0. The first-order chi connectivity index (χ1) is 14.4. The summed E-state index contributed by atoms with van der Waals surface area (Å²) >= 11 is 7.39. The number of Topliss-reactive ketones (excluding diaryl/α,β-unsaturated/α-hetero) is 2. The van der Waals surface area contributed by atoms with E-state index in [1.165, 1.54) is 11.3 Å². The topological polar surface area (TPSA) is 73.3 Å². The van der Waals surface area contributed by atoms with Crippen LogP contribution in [-0.2, 0) is 33.6 Å². The van der Waals surface area contributed by atoms with Gasteiger partial charge in [-0.1, -0.05) is 42.1 Å². The van der Waals surface area contributed by atoms with Crippen molar-refractivity contribution in [3.63, 3.8) is 0 Å². The molecule has 0 bridgehead atoms. The van der Waals surface area contributed by atoms with E-state index in [9.17, 15) is 14.4 Å². The molecule has 0 radical (unpaired) electrons. The summed E-state index contributed by atoms with van der Waals surface area (Å²) in [6.07, 6.45) is 4.35. The van der Waals surface area contributed by atoms with Crippen LogP contribution in [0, 0.1) is 12.8 Å². The van der Waals surface area contributed by atoms with Gasteiger partial charge in [0.15, 0.2) is 5.78 Å². The predicted octanol–water partition coefficient (Wildman–Crippen LogP) is 4.94. The summed E-state index contributed by atoms with van der Waals surface area (Å²) in [6, 6.07) is 5.73. The van der Waals surface area contributed by atoms with Gasteiger partial charge in [-0.25, -0.2) is 4.98 Å². The Labute approximate surface area is 185 Å². The first-order valence-corrected chi connectivity index (χ1v) is 11.5. The Morgan fingerprint density at radius 2 is 1.90 bits per heavy atom. The molecule has 160 valence electrons. The number of carbonyl (C=O) groups is 3. The second-order valence-corrected chi connectivity index (χ2v) is 9.39. The Kier molecular flexibility index (Phi) is 7.78. The number of aryl methyl sites for hydroxylation is 1. The van der Waals surface area contributed by atoms with Crippen LogP contribution in [0.4, 0.5) is 0 Å². The van der Waals surface area contributed by atoms with E-state index in [-0.39, 0.29) is 36.7 Å². The third kappa shape index (κ3) is 5.76. The number of halogens is 1. The highest BCUT2D eigenvalue weighted by molar-refractivity contribution is 7.16. The molecule has 0 amide bonds. The minimum atomic E-state index is -0.391. The molecule has 1 heterocycles. The lowest BCUT2D eigenvalue weighted by atomic mass is 9.90. The number of aromatic nitrogens is 1. The Bertz CT molecular complexity index is 947. The van der Waals surface area contributed by atoms with Crippen molar-refractivity contribution in [2.75, 3.05) is 6.61 Å². The highest BCUT2D eigenvalue weighted by atomic mass is 35.5. The average molecular weight is 448 g/mol. The van der Waals surface area contributed by atoms with E-state index < -0.39 is 5.97 Å². The fraction of sp³-hybridized carbons (Fsp3) is 0.478. The average Bonchev–Trinajstić information content (AvgIpc) is 3.33. The lowest BCUT2D eigenvalue weighted by molar-refractivity contribution is -0.142. The van der Waals surface area contributed by atoms with Gasteiger partial charge in [-0.3, -0.25) is 14.4 Å². The van der Waals surface area contributed by atoms with Crippen molar-refractivity contribution in [3.8, 4) is 0 Å². The van der Waals surface area contributed by atoms with Gasteiger partial charge in [-0.2, -0.15) is 0 Å². The zero-order valence-corrected chi connectivity index (χ0v) is 18.9. The number of rotatable bonds is 9. The molecule has 1 aromatic carbocycles. The third-order valence-electron chi connectivity index (χ3n) is 5.30. The van der Waals surface area contributed by atoms with Crippen molar-refractivity contribution in [1.82, 2.24) is 4.98 Å². The maximum atomic E-state index is 13.0. The molecule has 1 aliphatic rings. The van der Waals surface area contributed by atoms with Crippen LogP contribution >= 0.6 is 22.9 Å². The van der Waals surface area contributed by atoms with Crippen molar-refractivity contribution < 1.29 is 19.1 Å². The van der Waals surface area contributed by atoms with Crippen molar-refractivity contribution in [1.29, 1.82) is 0 Å². The number of ether oxygens (including phenoxy) is 1. The maximum absolute atomic E-state index is 13.0. The van der Waals surface area contributed by atoms with Crippen LogP contribution in [0.5, 0.6) is 0 Å². The van der Waals surface area contributed by atoms with Gasteiger partial charge in [-0.05, 0) is 38.3 Å². The molecule has 1 aliphatic carbocycles. The molecule has 1 fully saturated rings. The van der Waals surface area contributed by atoms with Crippen LogP contribution in [0.25, 0.3) is 0 Å². The third-order valence-corrected chi connectivity index (χ3v) is 6.64. The zero-order chi connectivity index (χ0) is 21.7. The highest BCUT2D eigenvalue weighted by Crippen LogP contribution is 2.30. The monoisotopic (exact) mass is 447 g/mol. The van der Waals surface area contributed by atoms with Gasteiger partial charge in [-0.15, -0.1) is 11.3 Å². The number of ketones is 2. The van der Waals surface area contributed by atoms with Gasteiger partial charge >= 0.3 is 5.97 Å². The van der Waals surface area contributed by atoms with E-state index in [1.807, 2.05) is 25.1 Å². The maximum Gasteiger partial charge on any atom is 0.311 e. The molecule has 0 N–H and O–H groups in total. The molecule has 0 saturated heterocycles. The van der Waals surface area contributed by atoms with Gasteiger partial charge < -0.3 is 4.74 Å². The largest absolute Gasteiger partial charge is 0.466 e. The van der Waals surface area contributed by atoms with Crippen molar-refractivity contribution >= 4 is 40.5 Å². The first-order valence-electron chi connectivity index (χ1n) is 10.3. The van der Waals surface area contributed by atoms with E-state index in [0.29, 0.717) is 27.2 Å². The van der Waals surface area contributed by atoms with E-state index in [2.05, 4.69) is 4.98 Å². The van der Waals surface area contributed by atoms with Gasteiger partial charge in [0.25, 0.3) is 0 Å². The van der Waals surface area contributed by atoms with E-state index in [0.717, 1.165) is 36.8 Å². The van der Waals surface area contributed by atoms with Crippen LogP contribution in [-0.4, -0.2) is 29.1 Å². The zero-order valence-electron chi connectivity index (χ0n) is 17.3. The summed E-state index contributed by atoms with van der Waals surface area (Å²) in [5.74, 6) is -0.193. The molecular weight excluding hydrogens is 422 g/mol. The highest BCUT2D eigenvalue weighted by Gasteiger charge is 2.26. The Hall–Kier alpha value is -2.05. The first kappa shape index (κ1) is 22.6. The number of benzene rings is 1. The molecule has 2 aromatic rings. The van der Waals surface area contributed by atoms with Gasteiger partial charge in [0.2, 0.25) is 0 Å². The fourth-order valence-electron chi connectivity index (χ4n) is 3.84. The minimum absolute atomic E-state index is 0.00460. The summed E-state index contributed by atoms with van der Waals surface area (Å²) in [6.45, 7) is 3.99. The lowest BCUT2D eigenvalue weighted by Crippen LogP contribution is -2.16. The number of thiazole rings is 1. The fourth-order valence-corrected chi connectivity index (χ4v) is 5.05. The predicted molar refractivity (Wildman–Crippen MR) is 117 cm³/mol. The number of carbonyl (C=O) groups excluding carboxylic acids is 3. The molecular formula is C23H26ClNO4S. The Morgan fingerprint density at radius 3 is 2.60 bits per heavy atom. The molecule has 0 unspecified atom stereocenters. The van der Waals surface area contributed by atoms with E-state index >= 15 is 0 Å². The SMILES string of the molecule is CCOC(=O)Cc1nc(CC(=O)Cc2ccc(C)cc2C(=O)C2CCCC2)sc1Cl. The second-order valence-electron chi connectivity index (χ2n) is 7.71. The van der Waals surface area contributed by atoms with E-state index in [4.69, 9.17) is 16.3 Å². The summed E-state index contributed by atoms with van der Waals surface area (Å²) in [5, 5.41) is 0.570. The van der Waals surface area contributed by atoms with E-state index in [1.54, 1.807) is 6.92 Å². The minimum Gasteiger partial charge on any atom is -0.466 e. The normalized spacial score (nSPS) is 14.1.